The predicted octanol–water partition coefficient (Wildman–Crippen LogP) is 4.91. The van der Waals surface area contributed by atoms with Gasteiger partial charge in [0.05, 0.1) is 0 Å². The van der Waals surface area contributed by atoms with E-state index in [9.17, 15) is 9.18 Å². The van der Waals surface area contributed by atoms with Crippen LogP contribution in [0.25, 0.3) is 0 Å². The molecule has 7 nitrogen and oxygen atoms in total. The van der Waals surface area contributed by atoms with Crippen molar-refractivity contribution >= 4 is 34.9 Å². The largest absolute Gasteiger partial charge is 0.356 e. The van der Waals surface area contributed by atoms with Crippen LogP contribution in [-0.4, -0.2) is 29.1 Å². The van der Waals surface area contributed by atoms with E-state index in [1.807, 2.05) is 25.1 Å². The summed E-state index contributed by atoms with van der Waals surface area (Å²) in [4.78, 5) is 23.4. The molecule has 1 aliphatic rings. The second-order valence-electron chi connectivity index (χ2n) is 7.18. The number of hydrogen-bond acceptors (Lipinski definition) is 5. The Morgan fingerprint density at radius 3 is 2.37 bits per heavy atom. The van der Waals surface area contributed by atoms with Gasteiger partial charge in [-0.25, -0.2) is 14.2 Å². The fourth-order valence-electron chi connectivity index (χ4n) is 3.34. The van der Waals surface area contributed by atoms with Gasteiger partial charge in [-0.05, 0) is 62.2 Å². The number of anilines is 5. The van der Waals surface area contributed by atoms with Crippen LogP contribution in [0.15, 0.2) is 54.6 Å². The number of nitrogens with zero attached hydrogens (tertiary/aromatic N) is 3. The van der Waals surface area contributed by atoms with E-state index in [2.05, 4.69) is 30.8 Å². The molecule has 0 aliphatic carbocycles. The summed E-state index contributed by atoms with van der Waals surface area (Å²) in [7, 11) is 0. The normalized spacial score (nSPS) is 13.2. The molecule has 0 atom stereocenters. The molecule has 0 spiro atoms. The molecular weight excluding hydrogens is 383 g/mol. The molecule has 0 unspecified atom stereocenters. The first-order valence-corrected chi connectivity index (χ1v) is 9.86. The molecule has 154 valence electrons. The summed E-state index contributed by atoms with van der Waals surface area (Å²) >= 11 is 0. The monoisotopic (exact) mass is 406 g/mol. The second kappa shape index (κ2) is 8.77. The Hall–Kier alpha value is -3.68. The number of benzene rings is 2. The van der Waals surface area contributed by atoms with Crippen LogP contribution in [0.1, 0.15) is 18.5 Å². The van der Waals surface area contributed by atoms with E-state index in [1.165, 1.54) is 31.0 Å². The number of urea groups is 1. The van der Waals surface area contributed by atoms with Crippen LogP contribution in [0, 0.1) is 12.7 Å². The predicted molar refractivity (Wildman–Crippen MR) is 117 cm³/mol. The number of nitrogens with one attached hydrogen (secondary N) is 3. The maximum Gasteiger partial charge on any atom is 0.323 e. The molecule has 3 aromatic rings. The molecule has 2 heterocycles. The number of amides is 2. The zero-order chi connectivity index (χ0) is 20.9. The third kappa shape index (κ3) is 5.02. The first kappa shape index (κ1) is 19.6. The lowest BCUT2D eigenvalue weighted by Crippen LogP contribution is -2.20. The van der Waals surface area contributed by atoms with Gasteiger partial charge in [0.1, 0.15) is 11.6 Å². The Kier molecular flexibility index (Phi) is 5.74. The number of aromatic nitrogens is 2. The highest BCUT2D eigenvalue weighted by Gasteiger charge is 2.15. The van der Waals surface area contributed by atoms with E-state index in [0.717, 1.165) is 30.3 Å². The van der Waals surface area contributed by atoms with Crippen LogP contribution in [0.4, 0.5) is 38.0 Å². The van der Waals surface area contributed by atoms with E-state index >= 15 is 0 Å². The van der Waals surface area contributed by atoms with Gasteiger partial charge in [-0.3, -0.25) is 0 Å². The van der Waals surface area contributed by atoms with Crippen molar-refractivity contribution in [1.82, 2.24) is 9.97 Å². The van der Waals surface area contributed by atoms with Gasteiger partial charge in [0.2, 0.25) is 5.95 Å². The first-order chi connectivity index (χ1) is 14.5. The van der Waals surface area contributed by atoms with Crippen LogP contribution in [-0.2, 0) is 0 Å². The van der Waals surface area contributed by atoms with E-state index in [-0.39, 0.29) is 0 Å². The number of rotatable bonds is 5. The smallest absolute Gasteiger partial charge is 0.323 e. The number of carbonyl (C=O) groups is 1. The maximum atomic E-state index is 13.2. The zero-order valence-corrected chi connectivity index (χ0v) is 16.7. The van der Waals surface area contributed by atoms with Gasteiger partial charge in [0.25, 0.3) is 0 Å². The van der Waals surface area contributed by atoms with Crippen molar-refractivity contribution in [3.8, 4) is 0 Å². The van der Waals surface area contributed by atoms with E-state index in [4.69, 9.17) is 0 Å². The van der Waals surface area contributed by atoms with Crippen molar-refractivity contribution in [2.75, 3.05) is 33.9 Å². The van der Waals surface area contributed by atoms with Gasteiger partial charge in [-0.2, -0.15) is 4.98 Å². The van der Waals surface area contributed by atoms with Gasteiger partial charge >= 0.3 is 6.03 Å². The summed E-state index contributed by atoms with van der Waals surface area (Å²) in [5, 5.41) is 8.53. The Balaban J connectivity index is 1.38. The van der Waals surface area contributed by atoms with Gasteiger partial charge in [0.15, 0.2) is 0 Å². The zero-order valence-electron chi connectivity index (χ0n) is 16.7. The molecule has 2 amide bonds. The van der Waals surface area contributed by atoms with Crippen molar-refractivity contribution < 1.29 is 9.18 Å². The second-order valence-corrected chi connectivity index (χ2v) is 7.18. The molecule has 1 aliphatic heterocycles. The van der Waals surface area contributed by atoms with Crippen LogP contribution >= 0.6 is 0 Å². The number of aryl methyl sites for hydroxylation is 1. The molecule has 0 saturated carbocycles. The number of halogens is 1. The number of carbonyl (C=O) groups excluding carboxylic acids is 1. The van der Waals surface area contributed by atoms with Gasteiger partial charge < -0.3 is 20.9 Å². The van der Waals surface area contributed by atoms with E-state index in [0.29, 0.717) is 17.3 Å². The van der Waals surface area contributed by atoms with Crippen molar-refractivity contribution in [2.45, 2.75) is 19.8 Å². The lowest BCUT2D eigenvalue weighted by Gasteiger charge is -2.17. The molecule has 0 radical (unpaired) electrons. The Bertz CT molecular complexity index is 1030. The van der Waals surface area contributed by atoms with Crippen molar-refractivity contribution in [3.05, 3.63) is 66.1 Å². The number of hydrogen-bond donors (Lipinski definition) is 3. The fraction of sp³-hybridized carbons (Fsp3) is 0.227. The topological polar surface area (TPSA) is 82.2 Å². The molecule has 4 rings (SSSR count). The first-order valence-electron chi connectivity index (χ1n) is 9.86. The molecule has 8 heteroatoms. The van der Waals surface area contributed by atoms with Crippen LogP contribution in [0.3, 0.4) is 0 Å². The third-order valence-electron chi connectivity index (χ3n) is 4.75. The van der Waals surface area contributed by atoms with Crippen molar-refractivity contribution in [3.63, 3.8) is 0 Å². The lowest BCUT2D eigenvalue weighted by atomic mass is 10.3. The molecule has 2 aromatic carbocycles. The van der Waals surface area contributed by atoms with E-state index in [1.54, 1.807) is 18.2 Å². The fourth-order valence-corrected chi connectivity index (χ4v) is 3.34. The highest BCUT2D eigenvalue weighted by atomic mass is 19.1. The SMILES string of the molecule is Cc1cc(N2CCCC2)nc(Nc2ccc(NC(=O)Nc3cccc(F)c3)cc2)n1. The highest BCUT2D eigenvalue weighted by molar-refractivity contribution is 5.99. The third-order valence-corrected chi connectivity index (χ3v) is 4.75. The summed E-state index contributed by atoms with van der Waals surface area (Å²) in [6.45, 7) is 4.00. The van der Waals surface area contributed by atoms with Crippen LogP contribution in [0.5, 0.6) is 0 Å². The summed E-state index contributed by atoms with van der Waals surface area (Å²) in [6, 6.07) is 14.5. The average molecular weight is 406 g/mol. The molecule has 1 fully saturated rings. The van der Waals surface area contributed by atoms with Crippen molar-refractivity contribution in [1.29, 1.82) is 0 Å². The minimum absolute atomic E-state index is 0.385. The van der Waals surface area contributed by atoms with Gasteiger partial charge in [-0.15, -0.1) is 0 Å². The molecule has 1 aromatic heterocycles. The molecule has 3 N–H and O–H groups in total. The van der Waals surface area contributed by atoms with Crippen LogP contribution < -0.4 is 20.9 Å². The van der Waals surface area contributed by atoms with Crippen molar-refractivity contribution in [2.24, 2.45) is 0 Å². The lowest BCUT2D eigenvalue weighted by molar-refractivity contribution is 0.262. The van der Waals surface area contributed by atoms with Crippen LogP contribution in [0.2, 0.25) is 0 Å². The molecule has 30 heavy (non-hydrogen) atoms. The minimum Gasteiger partial charge on any atom is -0.356 e. The summed E-state index contributed by atoms with van der Waals surface area (Å²) < 4.78 is 13.2. The Morgan fingerprint density at radius 2 is 1.63 bits per heavy atom. The standard InChI is InChI=1S/C22H23FN6O/c1-15-13-20(29-11-2-3-12-29)28-21(24-15)25-17-7-9-18(10-8-17)26-22(30)27-19-6-4-5-16(23)14-19/h4-10,13-14H,2-3,11-12H2,1H3,(H,24,25,28)(H2,26,27,30). The Morgan fingerprint density at radius 1 is 0.933 bits per heavy atom. The molecular formula is C22H23FN6O. The molecule has 1 saturated heterocycles. The molecule has 0 bridgehead atoms. The van der Waals surface area contributed by atoms with Gasteiger partial charge in [0, 0.05) is 41.9 Å². The summed E-state index contributed by atoms with van der Waals surface area (Å²) in [5.41, 5.74) is 2.71. The quantitative estimate of drug-likeness (QED) is 0.561. The van der Waals surface area contributed by atoms with E-state index < -0.39 is 11.8 Å². The Labute approximate surface area is 174 Å². The highest BCUT2D eigenvalue weighted by Crippen LogP contribution is 2.22. The van der Waals surface area contributed by atoms with Gasteiger partial charge in [-0.1, -0.05) is 6.07 Å². The average Bonchev–Trinajstić information content (AvgIpc) is 3.24. The summed E-state index contributed by atoms with van der Waals surface area (Å²) in [6.07, 6.45) is 2.38. The minimum atomic E-state index is -0.446. The maximum absolute atomic E-state index is 13.2. The summed E-state index contributed by atoms with van der Waals surface area (Å²) in [5.74, 6) is 1.07.